The Labute approximate surface area is 127 Å². The monoisotopic (exact) mass is 314 g/mol. The van der Waals surface area contributed by atoms with Crippen LogP contribution in [0.3, 0.4) is 0 Å². The number of hydrogen-bond acceptors (Lipinski definition) is 4. The van der Waals surface area contributed by atoms with Crippen LogP contribution in [0.5, 0.6) is 0 Å². The smallest absolute Gasteiger partial charge is 0.243 e. The van der Waals surface area contributed by atoms with E-state index in [0.29, 0.717) is 19.1 Å². The molecule has 1 aliphatic carbocycles. The summed E-state index contributed by atoms with van der Waals surface area (Å²) < 4.78 is 28.5. The Balaban J connectivity index is 1.77. The van der Waals surface area contributed by atoms with Crippen LogP contribution in [0.1, 0.15) is 39.5 Å². The van der Waals surface area contributed by atoms with Gasteiger partial charge in [0.15, 0.2) is 0 Å². The average molecular weight is 314 g/mol. The highest BCUT2D eigenvalue weighted by Crippen LogP contribution is 2.33. The molecule has 0 aromatic carbocycles. The van der Waals surface area contributed by atoms with Crippen molar-refractivity contribution < 1.29 is 8.42 Å². The van der Waals surface area contributed by atoms with Gasteiger partial charge in [0.25, 0.3) is 0 Å². The molecule has 0 atom stereocenters. The van der Waals surface area contributed by atoms with Crippen molar-refractivity contribution >= 4 is 10.0 Å². The van der Waals surface area contributed by atoms with Crippen molar-refractivity contribution in [1.29, 1.82) is 0 Å². The lowest BCUT2D eigenvalue weighted by Gasteiger charge is -2.07. The van der Waals surface area contributed by atoms with Crippen molar-refractivity contribution in [2.24, 2.45) is 5.92 Å². The summed E-state index contributed by atoms with van der Waals surface area (Å²) in [4.78, 5) is 0.249. The maximum absolute atomic E-state index is 12.1. The van der Waals surface area contributed by atoms with Crippen LogP contribution in [0.2, 0.25) is 0 Å². The van der Waals surface area contributed by atoms with E-state index in [1.54, 1.807) is 10.9 Å². The lowest BCUT2D eigenvalue weighted by atomic mass is 10.2. The van der Waals surface area contributed by atoms with Crippen molar-refractivity contribution in [3.63, 3.8) is 0 Å². The van der Waals surface area contributed by atoms with Crippen molar-refractivity contribution in [3.8, 4) is 0 Å². The molecule has 0 spiro atoms. The number of rotatable bonds is 10. The van der Waals surface area contributed by atoms with Crippen LogP contribution in [-0.4, -0.2) is 37.3 Å². The molecule has 0 unspecified atom stereocenters. The molecule has 7 heteroatoms. The van der Waals surface area contributed by atoms with Crippen molar-refractivity contribution in [1.82, 2.24) is 19.8 Å². The van der Waals surface area contributed by atoms with Crippen LogP contribution >= 0.6 is 0 Å². The largest absolute Gasteiger partial charge is 0.313 e. The van der Waals surface area contributed by atoms with Crippen LogP contribution in [0.25, 0.3) is 0 Å². The van der Waals surface area contributed by atoms with E-state index in [0.717, 1.165) is 25.3 Å². The number of nitrogens with zero attached hydrogens (tertiary/aromatic N) is 2. The van der Waals surface area contributed by atoms with Crippen LogP contribution in [0.15, 0.2) is 17.3 Å². The lowest BCUT2D eigenvalue weighted by molar-refractivity contribution is 0.514. The molecule has 0 radical (unpaired) electrons. The molecule has 1 aromatic heterocycles. The Morgan fingerprint density at radius 3 is 2.81 bits per heavy atom. The fraction of sp³-hybridized carbons (Fsp3) is 0.786. The Bertz CT molecular complexity index is 535. The molecule has 1 saturated carbocycles. The van der Waals surface area contributed by atoms with Crippen molar-refractivity contribution in [2.75, 3.05) is 13.1 Å². The quantitative estimate of drug-likeness (QED) is 0.639. The summed E-state index contributed by atoms with van der Waals surface area (Å²) in [5.41, 5.74) is 0. The SMILES string of the molecule is CC(C)NCCn1cc(S(=O)(=O)NCCCC2CC2)cn1. The summed E-state index contributed by atoms with van der Waals surface area (Å²) in [6, 6.07) is 0.414. The summed E-state index contributed by atoms with van der Waals surface area (Å²) in [5.74, 6) is 0.839. The van der Waals surface area contributed by atoms with Gasteiger partial charge in [0.1, 0.15) is 4.90 Å². The minimum Gasteiger partial charge on any atom is -0.313 e. The lowest BCUT2D eigenvalue weighted by Crippen LogP contribution is -2.27. The maximum Gasteiger partial charge on any atom is 0.243 e. The average Bonchev–Trinajstić information content (AvgIpc) is 3.11. The molecule has 1 aliphatic rings. The number of hydrogen-bond donors (Lipinski definition) is 2. The highest BCUT2D eigenvalue weighted by Gasteiger charge is 2.21. The zero-order valence-electron chi connectivity index (χ0n) is 12.9. The van der Waals surface area contributed by atoms with E-state index in [-0.39, 0.29) is 4.90 Å². The molecule has 0 bridgehead atoms. The molecular weight excluding hydrogens is 288 g/mol. The first-order valence-corrected chi connectivity index (χ1v) is 9.21. The normalized spacial score (nSPS) is 15.8. The molecule has 21 heavy (non-hydrogen) atoms. The molecule has 0 amide bonds. The molecule has 6 nitrogen and oxygen atoms in total. The van der Waals surface area contributed by atoms with Crippen LogP contribution in [-0.2, 0) is 16.6 Å². The number of sulfonamides is 1. The second-order valence-electron chi connectivity index (χ2n) is 6.03. The zero-order valence-corrected chi connectivity index (χ0v) is 13.7. The molecule has 1 aromatic rings. The summed E-state index contributed by atoms with van der Waals surface area (Å²) in [7, 11) is -3.41. The molecule has 0 aliphatic heterocycles. The van der Waals surface area contributed by atoms with Crippen molar-refractivity contribution in [2.45, 2.75) is 57.0 Å². The van der Waals surface area contributed by atoms with Gasteiger partial charge in [0.05, 0.1) is 12.7 Å². The van der Waals surface area contributed by atoms with E-state index < -0.39 is 10.0 Å². The first-order chi connectivity index (χ1) is 9.97. The van der Waals surface area contributed by atoms with Gasteiger partial charge < -0.3 is 5.32 Å². The number of nitrogens with one attached hydrogen (secondary N) is 2. The molecule has 1 heterocycles. The van der Waals surface area contributed by atoms with Gasteiger partial charge in [0, 0.05) is 25.3 Å². The third kappa shape index (κ3) is 5.76. The standard InChI is InChI=1S/C14H26N4O2S/c1-12(2)15-8-9-18-11-14(10-16-18)21(19,20)17-7-3-4-13-5-6-13/h10-13,15,17H,3-9H2,1-2H3. The van der Waals surface area contributed by atoms with Gasteiger partial charge in [-0.3, -0.25) is 4.68 Å². The Hall–Kier alpha value is -0.920. The molecular formula is C14H26N4O2S. The molecule has 0 saturated heterocycles. The van der Waals surface area contributed by atoms with E-state index in [2.05, 4.69) is 29.0 Å². The van der Waals surface area contributed by atoms with Gasteiger partial charge in [-0.05, 0) is 18.8 Å². The first-order valence-electron chi connectivity index (χ1n) is 7.73. The van der Waals surface area contributed by atoms with E-state index in [4.69, 9.17) is 0 Å². The molecule has 2 rings (SSSR count). The van der Waals surface area contributed by atoms with Gasteiger partial charge in [-0.15, -0.1) is 0 Å². The molecule has 1 fully saturated rings. The fourth-order valence-corrected chi connectivity index (χ4v) is 3.19. The van der Waals surface area contributed by atoms with Crippen LogP contribution in [0.4, 0.5) is 0 Å². The topological polar surface area (TPSA) is 76.0 Å². The maximum atomic E-state index is 12.1. The van der Waals surface area contributed by atoms with Gasteiger partial charge in [-0.1, -0.05) is 26.7 Å². The fourth-order valence-electron chi connectivity index (χ4n) is 2.16. The summed E-state index contributed by atoms with van der Waals surface area (Å²) in [5, 5.41) is 7.38. The Kier molecular flexibility index (Phi) is 5.78. The van der Waals surface area contributed by atoms with Gasteiger partial charge in [0.2, 0.25) is 10.0 Å². The van der Waals surface area contributed by atoms with E-state index in [1.807, 2.05) is 0 Å². The van der Waals surface area contributed by atoms with Crippen molar-refractivity contribution in [3.05, 3.63) is 12.4 Å². The Morgan fingerprint density at radius 2 is 2.14 bits per heavy atom. The zero-order chi connectivity index (χ0) is 15.3. The van der Waals surface area contributed by atoms with Gasteiger partial charge in [-0.2, -0.15) is 5.10 Å². The highest BCUT2D eigenvalue weighted by atomic mass is 32.2. The summed E-state index contributed by atoms with van der Waals surface area (Å²) in [6.45, 7) is 6.09. The first kappa shape index (κ1) is 16.5. The Morgan fingerprint density at radius 1 is 1.38 bits per heavy atom. The highest BCUT2D eigenvalue weighted by molar-refractivity contribution is 7.89. The number of aromatic nitrogens is 2. The van der Waals surface area contributed by atoms with Crippen LogP contribution < -0.4 is 10.0 Å². The summed E-state index contributed by atoms with van der Waals surface area (Å²) in [6.07, 6.45) is 7.66. The van der Waals surface area contributed by atoms with E-state index in [9.17, 15) is 8.42 Å². The van der Waals surface area contributed by atoms with Gasteiger partial charge >= 0.3 is 0 Å². The van der Waals surface area contributed by atoms with Gasteiger partial charge in [-0.25, -0.2) is 13.1 Å². The molecule has 120 valence electrons. The third-order valence-corrected chi connectivity index (χ3v) is 5.01. The van der Waals surface area contributed by atoms with E-state index in [1.165, 1.54) is 19.0 Å². The minimum atomic E-state index is -3.41. The van der Waals surface area contributed by atoms with Crippen LogP contribution in [0, 0.1) is 5.92 Å². The third-order valence-electron chi connectivity index (χ3n) is 3.59. The predicted octanol–water partition coefficient (Wildman–Crippen LogP) is 1.35. The second kappa shape index (κ2) is 7.38. The minimum absolute atomic E-state index is 0.249. The predicted molar refractivity (Wildman–Crippen MR) is 82.5 cm³/mol. The second-order valence-corrected chi connectivity index (χ2v) is 7.80. The van der Waals surface area contributed by atoms with E-state index >= 15 is 0 Å². The summed E-state index contributed by atoms with van der Waals surface area (Å²) >= 11 is 0. The molecule has 2 N–H and O–H groups in total.